The maximum atomic E-state index is 11.9. The molecule has 0 aromatic heterocycles. The van der Waals surface area contributed by atoms with Gasteiger partial charge in [-0.3, -0.25) is 9.59 Å². The van der Waals surface area contributed by atoms with E-state index in [1.807, 2.05) is 0 Å². The third-order valence-corrected chi connectivity index (χ3v) is 3.29. The fourth-order valence-electron chi connectivity index (χ4n) is 2.39. The van der Waals surface area contributed by atoms with E-state index in [-0.39, 0.29) is 18.4 Å². The highest BCUT2D eigenvalue weighted by molar-refractivity contribution is 5.82. The van der Waals surface area contributed by atoms with E-state index >= 15 is 0 Å². The van der Waals surface area contributed by atoms with Crippen molar-refractivity contribution in [2.24, 2.45) is 0 Å². The van der Waals surface area contributed by atoms with E-state index in [2.05, 4.69) is 5.32 Å². The Hall–Kier alpha value is -1.10. The van der Waals surface area contributed by atoms with Crippen molar-refractivity contribution in [3.8, 4) is 0 Å². The molecule has 0 radical (unpaired) electrons. The van der Waals surface area contributed by atoms with Gasteiger partial charge < -0.3 is 14.8 Å². The molecular formula is C14H25NO4. The standard InChI is InChI=1S/C14H25NO4/c1-3-18-13(16)10-12(14(17)19-4-2)15-11-8-6-5-7-9-11/h11-12,15H,3-10H2,1-2H3/t12-/m1/s1. The van der Waals surface area contributed by atoms with Crippen LogP contribution in [0.3, 0.4) is 0 Å². The summed E-state index contributed by atoms with van der Waals surface area (Å²) >= 11 is 0. The minimum atomic E-state index is -0.581. The van der Waals surface area contributed by atoms with E-state index in [0.29, 0.717) is 19.3 Å². The molecular weight excluding hydrogens is 246 g/mol. The summed E-state index contributed by atoms with van der Waals surface area (Å²) in [5.41, 5.74) is 0. The second-order valence-corrected chi connectivity index (χ2v) is 4.82. The molecule has 0 aromatic carbocycles. The van der Waals surface area contributed by atoms with Crippen LogP contribution in [0.5, 0.6) is 0 Å². The van der Waals surface area contributed by atoms with Crippen LogP contribution in [0, 0.1) is 0 Å². The van der Waals surface area contributed by atoms with Gasteiger partial charge in [0, 0.05) is 6.04 Å². The smallest absolute Gasteiger partial charge is 0.323 e. The molecule has 0 aromatic rings. The molecule has 1 N–H and O–H groups in total. The van der Waals surface area contributed by atoms with Gasteiger partial charge in [0.25, 0.3) is 0 Å². The summed E-state index contributed by atoms with van der Waals surface area (Å²) in [5, 5.41) is 3.25. The number of nitrogens with one attached hydrogen (secondary N) is 1. The zero-order valence-electron chi connectivity index (χ0n) is 11.9. The maximum absolute atomic E-state index is 11.9. The molecule has 1 saturated carbocycles. The van der Waals surface area contributed by atoms with Crippen LogP contribution in [0.2, 0.25) is 0 Å². The van der Waals surface area contributed by atoms with Crippen molar-refractivity contribution in [2.75, 3.05) is 13.2 Å². The molecule has 19 heavy (non-hydrogen) atoms. The third kappa shape index (κ3) is 6.05. The molecule has 5 heteroatoms. The van der Waals surface area contributed by atoms with Crippen LogP contribution in [-0.2, 0) is 19.1 Å². The molecule has 0 aliphatic heterocycles. The summed E-state index contributed by atoms with van der Waals surface area (Å²) < 4.78 is 9.92. The molecule has 1 aliphatic carbocycles. The minimum absolute atomic E-state index is 0.0448. The van der Waals surface area contributed by atoms with Crippen molar-refractivity contribution in [1.29, 1.82) is 0 Å². The molecule has 1 atom stereocenters. The van der Waals surface area contributed by atoms with E-state index in [9.17, 15) is 9.59 Å². The van der Waals surface area contributed by atoms with Gasteiger partial charge in [0.1, 0.15) is 6.04 Å². The molecule has 0 bridgehead atoms. The second kappa shape index (κ2) is 8.91. The first-order chi connectivity index (χ1) is 9.17. The number of hydrogen-bond donors (Lipinski definition) is 1. The van der Waals surface area contributed by atoms with Gasteiger partial charge in [-0.05, 0) is 26.7 Å². The Morgan fingerprint density at radius 2 is 1.74 bits per heavy atom. The Morgan fingerprint density at radius 1 is 1.11 bits per heavy atom. The lowest BCUT2D eigenvalue weighted by Crippen LogP contribution is -2.46. The lowest BCUT2D eigenvalue weighted by Gasteiger charge is -2.27. The quantitative estimate of drug-likeness (QED) is 0.715. The van der Waals surface area contributed by atoms with Gasteiger partial charge in [-0.1, -0.05) is 19.3 Å². The van der Waals surface area contributed by atoms with Crippen LogP contribution < -0.4 is 5.32 Å². The molecule has 5 nitrogen and oxygen atoms in total. The molecule has 0 saturated heterocycles. The number of carbonyl (C=O) groups is 2. The van der Waals surface area contributed by atoms with Crippen molar-refractivity contribution in [1.82, 2.24) is 5.32 Å². The highest BCUT2D eigenvalue weighted by Gasteiger charge is 2.27. The van der Waals surface area contributed by atoms with E-state index < -0.39 is 6.04 Å². The average molecular weight is 271 g/mol. The van der Waals surface area contributed by atoms with Crippen molar-refractivity contribution < 1.29 is 19.1 Å². The predicted molar refractivity (Wildman–Crippen MR) is 71.7 cm³/mol. The Kier molecular flexibility index (Phi) is 7.48. The molecule has 0 unspecified atom stereocenters. The number of hydrogen-bond acceptors (Lipinski definition) is 5. The van der Waals surface area contributed by atoms with Crippen LogP contribution in [0.25, 0.3) is 0 Å². The predicted octanol–water partition coefficient (Wildman–Crippen LogP) is 1.79. The fraction of sp³-hybridized carbons (Fsp3) is 0.857. The zero-order chi connectivity index (χ0) is 14.1. The molecule has 0 spiro atoms. The normalized spacial score (nSPS) is 17.8. The summed E-state index contributed by atoms with van der Waals surface area (Å²) in [6, 6.07) is -0.278. The third-order valence-electron chi connectivity index (χ3n) is 3.29. The second-order valence-electron chi connectivity index (χ2n) is 4.82. The number of carbonyl (C=O) groups excluding carboxylic acids is 2. The summed E-state index contributed by atoms with van der Waals surface area (Å²) in [6.07, 6.45) is 5.75. The average Bonchev–Trinajstić information content (AvgIpc) is 2.40. The van der Waals surface area contributed by atoms with Gasteiger partial charge in [-0.25, -0.2) is 0 Å². The van der Waals surface area contributed by atoms with Crippen LogP contribution in [-0.4, -0.2) is 37.2 Å². The highest BCUT2D eigenvalue weighted by Crippen LogP contribution is 2.18. The van der Waals surface area contributed by atoms with E-state index in [0.717, 1.165) is 12.8 Å². The first-order valence-electron chi connectivity index (χ1n) is 7.25. The zero-order valence-corrected chi connectivity index (χ0v) is 11.9. The van der Waals surface area contributed by atoms with Crippen molar-refractivity contribution >= 4 is 11.9 Å². The van der Waals surface area contributed by atoms with Crippen molar-refractivity contribution in [3.63, 3.8) is 0 Å². The van der Waals surface area contributed by atoms with E-state index in [1.54, 1.807) is 13.8 Å². The van der Waals surface area contributed by atoms with Crippen molar-refractivity contribution in [3.05, 3.63) is 0 Å². The number of esters is 2. The SMILES string of the molecule is CCOC(=O)C[C@@H](NC1CCCCC1)C(=O)OCC. The topological polar surface area (TPSA) is 64.6 Å². The molecule has 1 fully saturated rings. The maximum Gasteiger partial charge on any atom is 0.323 e. The molecule has 110 valence electrons. The van der Waals surface area contributed by atoms with Gasteiger partial charge in [-0.2, -0.15) is 0 Å². The fourth-order valence-corrected chi connectivity index (χ4v) is 2.39. The molecule has 1 rings (SSSR count). The van der Waals surface area contributed by atoms with E-state index in [1.165, 1.54) is 19.3 Å². The Morgan fingerprint density at radius 3 is 2.32 bits per heavy atom. The summed E-state index contributed by atoms with van der Waals surface area (Å²) in [4.78, 5) is 23.4. The van der Waals surface area contributed by atoms with Gasteiger partial charge in [-0.15, -0.1) is 0 Å². The Bertz CT molecular complexity index is 287. The molecule has 1 aliphatic rings. The van der Waals surface area contributed by atoms with Gasteiger partial charge >= 0.3 is 11.9 Å². The Labute approximate surface area is 115 Å². The minimum Gasteiger partial charge on any atom is -0.466 e. The highest BCUT2D eigenvalue weighted by atomic mass is 16.5. The molecule has 0 heterocycles. The van der Waals surface area contributed by atoms with Crippen molar-refractivity contribution in [2.45, 2.75) is 64.5 Å². The lowest BCUT2D eigenvalue weighted by molar-refractivity contribution is -0.152. The Balaban J connectivity index is 2.52. The van der Waals surface area contributed by atoms with Gasteiger partial charge in [0.2, 0.25) is 0 Å². The summed E-state index contributed by atoms with van der Waals surface area (Å²) in [6.45, 7) is 4.17. The van der Waals surface area contributed by atoms with E-state index in [4.69, 9.17) is 9.47 Å². The number of rotatable bonds is 7. The largest absolute Gasteiger partial charge is 0.466 e. The molecule has 0 amide bonds. The summed E-state index contributed by atoms with van der Waals surface area (Å²) in [7, 11) is 0. The van der Waals surface area contributed by atoms with Crippen LogP contribution in [0.4, 0.5) is 0 Å². The first-order valence-corrected chi connectivity index (χ1v) is 7.25. The van der Waals surface area contributed by atoms with Gasteiger partial charge in [0.15, 0.2) is 0 Å². The first kappa shape index (κ1) is 16.0. The van der Waals surface area contributed by atoms with Crippen LogP contribution in [0.1, 0.15) is 52.4 Å². The summed E-state index contributed by atoms with van der Waals surface area (Å²) in [5.74, 6) is -0.718. The monoisotopic (exact) mass is 271 g/mol. The van der Waals surface area contributed by atoms with Gasteiger partial charge in [0.05, 0.1) is 19.6 Å². The lowest BCUT2D eigenvalue weighted by atomic mass is 9.94. The van der Waals surface area contributed by atoms with Crippen LogP contribution in [0.15, 0.2) is 0 Å². The number of ether oxygens (including phenoxy) is 2. The van der Waals surface area contributed by atoms with Crippen LogP contribution >= 0.6 is 0 Å².